The topological polar surface area (TPSA) is 97.4 Å². The molecule has 0 bridgehead atoms. The monoisotopic (exact) mass is 455 g/mol. The van der Waals surface area contributed by atoms with Gasteiger partial charge in [0, 0.05) is 16.8 Å². The summed E-state index contributed by atoms with van der Waals surface area (Å²) in [5.41, 5.74) is 0.364. The second kappa shape index (κ2) is 11.6. The van der Waals surface area contributed by atoms with Crippen LogP contribution in [0.25, 0.3) is 0 Å². The van der Waals surface area contributed by atoms with Crippen molar-refractivity contribution in [3.05, 3.63) is 58.2 Å². The third kappa shape index (κ3) is 7.92. The lowest BCUT2D eigenvalue weighted by atomic mass is 10.1. The van der Waals surface area contributed by atoms with Crippen molar-refractivity contribution in [2.75, 3.05) is 23.9 Å². The van der Waals surface area contributed by atoms with Crippen LogP contribution in [-0.4, -0.2) is 47.4 Å². The molecule has 2 amide bonds. The molecule has 0 aliphatic rings. The lowest BCUT2D eigenvalue weighted by molar-refractivity contribution is -0.149. The predicted octanol–water partition coefficient (Wildman–Crippen LogP) is 3.42. The maximum atomic E-state index is 12.4. The third-order valence-electron chi connectivity index (χ3n) is 3.65. The molecule has 0 aliphatic heterocycles. The summed E-state index contributed by atoms with van der Waals surface area (Å²) < 4.78 is 5.06. The van der Waals surface area contributed by atoms with Crippen molar-refractivity contribution in [1.29, 1.82) is 0 Å². The number of hydrogen-bond acceptors (Lipinski definition) is 6. The highest BCUT2D eigenvalue weighted by Crippen LogP contribution is 2.11. The fourth-order valence-corrected chi connectivity index (χ4v) is 2.90. The van der Waals surface area contributed by atoms with Gasteiger partial charge in [-0.25, -0.2) is 9.78 Å². The largest absolute Gasteiger partial charge is 0.454 e. The third-order valence-corrected chi connectivity index (χ3v) is 4.77. The Balaban J connectivity index is 1.91. The molecule has 1 aromatic heterocycles. The van der Waals surface area contributed by atoms with E-state index in [0.717, 1.165) is 0 Å². The zero-order chi connectivity index (χ0) is 21.2. The van der Waals surface area contributed by atoms with Gasteiger partial charge in [-0.3, -0.25) is 9.59 Å². The van der Waals surface area contributed by atoms with Crippen molar-refractivity contribution >= 4 is 58.6 Å². The molecule has 0 radical (unpaired) electrons. The average molecular weight is 456 g/mol. The van der Waals surface area contributed by atoms with Crippen LogP contribution in [0.2, 0.25) is 10.0 Å². The van der Waals surface area contributed by atoms with E-state index in [4.69, 9.17) is 27.9 Å². The van der Waals surface area contributed by atoms with Crippen LogP contribution in [0.1, 0.15) is 16.8 Å². The highest BCUT2D eigenvalue weighted by atomic mass is 35.5. The van der Waals surface area contributed by atoms with E-state index in [0.29, 0.717) is 27.8 Å². The van der Waals surface area contributed by atoms with Crippen LogP contribution in [-0.2, 0) is 14.3 Å². The van der Waals surface area contributed by atoms with Gasteiger partial charge in [-0.1, -0.05) is 23.2 Å². The first-order valence-electron chi connectivity index (χ1n) is 8.52. The Morgan fingerprint density at radius 1 is 1.10 bits per heavy atom. The van der Waals surface area contributed by atoms with Crippen molar-refractivity contribution in [3.63, 3.8) is 0 Å². The Hall–Kier alpha value is -2.29. The van der Waals surface area contributed by atoms with E-state index >= 15 is 0 Å². The minimum Gasteiger partial charge on any atom is -0.454 e. The van der Waals surface area contributed by atoms with Crippen molar-refractivity contribution in [3.8, 4) is 0 Å². The highest BCUT2D eigenvalue weighted by molar-refractivity contribution is 7.98. The summed E-state index contributed by atoms with van der Waals surface area (Å²) in [5, 5.41) is 6.06. The summed E-state index contributed by atoms with van der Waals surface area (Å²) in [6.07, 6.45) is 3.63. The number of amides is 2. The van der Waals surface area contributed by atoms with Crippen LogP contribution in [0.3, 0.4) is 0 Å². The number of benzene rings is 1. The van der Waals surface area contributed by atoms with Gasteiger partial charge in [0.2, 0.25) is 0 Å². The lowest BCUT2D eigenvalue weighted by Crippen LogP contribution is -2.43. The number of nitrogens with one attached hydrogen (secondary N) is 2. The second-order valence-electron chi connectivity index (χ2n) is 5.83. The fourth-order valence-electron chi connectivity index (χ4n) is 2.19. The number of halogens is 2. The van der Waals surface area contributed by atoms with E-state index in [1.54, 1.807) is 30.3 Å². The number of aromatic nitrogens is 1. The maximum Gasteiger partial charge on any atom is 0.329 e. The summed E-state index contributed by atoms with van der Waals surface area (Å²) in [7, 11) is 0. The van der Waals surface area contributed by atoms with Gasteiger partial charge in [0.1, 0.15) is 11.9 Å². The van der Waals surface area contributed by atoms with E-state index in [1.165, 1.54) is 24.0 Å². The van der Waals surface area contributed by atoms with Gasteiger partial charge in [-0.2, -0.15) is 11.8 Å². The first-order chi connectivity index (χ1) is 13.9. The van der Waals surface area contributed by atoms with Gasteiger partial charge in [0.05, 0.1) is 5.02 Å². The van der Waals surface area contributed by atoms with E-state index in [2.05, 4.69) is 15.6 Å². The molecule has 2 N–H and O–H groups in total. The summed E-state index contributed by atoms with van der Waals surface area (Å²) in [6.45, 7) is -0.504. The Morgan fingerprint density at radius 3 is 2.41 bits per heavy atom. The van der Waals surface area contributed by atoms with Gasteiger partial charge in [0.15, 0.2) is 6.61 Å². The van der Waals surface area contributed by atoms with Gasteiger partial charge in [-0.15, -0.1) is 0 Å². The first-order valence-corrected chi connectivity index (χ1v) is 10.7. The number of carbonyl (C=O) groups excluding carboxylic acids is 3. The number of nitrogens with zero attached hydrogens (tertiary/aromatic N) is 1. The number of thioether (sulfide) groups is 1. The van der Waals surface area contributed by atoms with Crippen LogP contribution in [0, 0.1) is 0 Å². The number of hydrogen-bond donors (Lipinski definition) is 2. The molecular formula is C19H19Cl2N3O4S. The molecule has 29 heavy (non-hydrogen) atoms. The van der Waals surface area contributed by atoms with Crippen molar-refractivity contribution in [1.82, 2.24) is 10.3 Å². The standard InChI is InChI=1S/C19H19Cl2N3O4S/c1-29-9-8-15(23-18(26)12-2-4-13(20)5-3-12)19(27)28-11-17(25)24-16-7-6-14(21)10-22-16/h2-7,10,15H,8-9,11H2,1H3,(H,23,26)(H,22,24,25). The highest BCUT2D eigenvalue weighted by Gasteiger charge is 2.23. The molecule has 10 heteroatoms. The van der Waals surface area contributed by atoms with Gasteiger partial charge in [0.25, 0.3) is 11.8 Å². The van der Waals surface area contributed by atoms with Crippen LogP contribution >= 0.6 is 35.0 Å². The molecule has 0 saturated carbocycles. The molecule has 154 valence electrons. The maximum absolute atomic E-state index is 12.4. The minimum absolute atomic E-state index is 0.283. The van der Waals surface area contributed by atoms with Crippen LogP contribution in [0.4, 0.5) is 5.82 Å². The van der Waals surface area contributed by atoms with Gasteiger partial charge < -0.3 is 15.4 Å². The van der Waals surface area contributed by atoms with E-state index in [1.807, 2.05) is 6.26 Å². The van der Waals surface area contributed by atoms with Crippen LogP contribution in [0.5, 0.6) is 0 Å². The molecule has 0 aliphatic carbocycles. The first kappa shape index (κ1) is 23.0. The molecule has 1 unspecified atom stereocenters. The van der Waals surface area contributed by atoms with Gasteiger partial charge in [-0.05, 0) is 54.8 Å². The minimum atomic E-state index is -0.882. The molecule has 2 aromatic rings. The smallest absolute Gasteiger partial charge is 0.329 e. The quantitative estimate of drug-likeness (QED) is 0.562. The van der Waals surface area contributed by atoms with Crippen molar-refractivity contribution in [2.24, 2.45) is 0 Å². The zero-order valence-electron chi connectivity index (χ0n) is 15.5. The lowest BCUT2D eigenvalue weighted by Gasteiger charge is -2.17. The zero-order valence-corrected chi connectivity index (χ0v) is 17.8. The molecular weight excluding hydrogens is 437 g/mol. The average Bonchev–Trinajstić information content (AvgIpc) is 2.71. The number of esters is 1. The Bertz CT molecular complexity index is 848. The Labute approximate surface area is 182 Å². The Kier molecular flexibility index (Phi) is 9.24. The van der Waals surface area contributed by atoms with Crippen LogP contribution < -0.4 is 10.6 Å². The summed E-state index contributed by atoms with van der Waals surface area (Å²) in [4.78, 5) is 40.6. The SMILES string of the molecule is CSCCC(NC(=O)c1ccc(Cl)cc1)C(=O)OCC(=O)Nc1ccc(Cl)cn1. The summed E-state index contributed by atoms with van der Waals surface area (Å²) >= 11 is 13.1. The molecule has 0 spiro atoms. The fraction of sp³-hybridized carbons (Fsp3) is 0.263. The summed E-state index contributed by atoms with van der Waals surface area (Å²) in [5.74, 6) is -0.770. The second-order valence-corrected chi connectivity index (χ2v) is 7.69. The Morgan fingerprint density at radius 2 is 1.79 bits per heavy atom. The molecule has 2 rings (SSSR count). The molecule has 0 saturated heterocycles. The molecule has 0 fully saturated rings. The molecule has 1 heterocycles. The molecule has 1 aromatic carbocycles. The van der Waals surface area contributed by atoms with Gasteiger partial charge >= 0.3 is 5.97 Å². The normalized spacial score (nSPS) is 11.4. The number of pyridine rings is 1. The predicted molar refractivity (Wildman–Crippen MR) is 115 cm³/mol. The molecule has 1 atom stereocenters. The number of carbonyl (C=O) groups is 3. The van der Waals surface area contributed by atoms with E-state index in [9.17, 15) is 14.4 Å². The van der Waals surface area contributed by atoms with Crippen molar-refractivity contribution < 1.29 is 19.1 Å². The van der Waals surface area contributed by atoms with Crippen molar-refractivity contribution in [2.45, 2.75) is 12.5 Å². The summed E-state index contributed by atoms with van der Waals surface area (Å²) in [6, 6.07) is 8.49. The van der Waals surface area contributed by atoms with Crippen LogP contribution in [0.15, 0.2) is 42.6 Å². The number of rotatable bonds is 9. The number of ether oxygens (including phenoxy) is 1. The number of anilines is 1. The van der Waals surface area contributed by atoms with E-state index < -0.39 is 30.4 Å². The molecule has 7 nitrogen and oxygen atoms in total. The van der Waals surface area contributed by atoms with E-state index in [-0.39, 0.29) is 5.82 Å².